The number of hydrogen-bond donors (Lipinski definition) is 1. The first-order valence-corrected chi connectivity index (χ1v) is 12.9. The van der Waals surface area contributed by atoms with E-state index in [1.165, 1.54) is 9.36 Å². The highest BCUT2D eigenvalue weighted by Crippen LogP contribution is 2.31. The standard InChI is InChI=1S/C25H21Cl2N3O5S/c1-16-23(24(31)30(29(16)2)18-11-7-4-8-12-18)28-36(33,34)22-13-19(20(26)14-21(22)27)25(32)35-15-17-9-5-3-6-10-17/h3-14,28H,15H2,1-2H3. The molecule has 1 aromatic heterocycles. The molecule has 0 spiro atoms. The molecule has 0 unspecified atom stereocenters. The number of rotatable bonds is 7. The Bertz CT molecular complexity index is 1600. The Morgan fingerprint density at radius 1 is 0.972 bits per heavy atom. The third-order valence-corrected chi connectivity index (χ3v) is 7.66. The van der Waals surface area contributed by atoms with Crippen LogP contribution in [0.4, 0.5) is 5.69 Å². The number of nitrogens with one attached hydrogen (secondary N) is 1. The van der Waals surface area contributed by atoms with Crippen molar-refractivity contribution in [2.75, 3.05) is 4.72 Å². The zero-order chi connectivity index (χ0) is 26.0. The van der Waals surface area contributed by atoms with Gasteiger partial charge in [-0.05, 0) is 36.8 Å². The Balaban J connectivity index is 1.67. The van der Waals surface area contributed by atoms with E-state index in [4.69, 9.17) is 27.9 Å². The number of anilines is 1. The van der Waals surface area contributed by atoms with Crippen molar-refractivity contribution in [1.82, 2.24) is 9.36 Å². The molecule has 0 aliphatic rings. The largest absolute Gasteiger partial charge is 0.457 e. The van der Waals surface area contributed by atoms with Crippen molar-refractivity contribution < 1.29 is 17.9 Å². The number of halogens is 2. The van der Waals surface area contributed by atoms with Gasteiger partial charge < -0.3 is 4.74 Å². The summed E-state index contributed by atoms with van der Waals surface area (Å²) in [4.78, 5) is 25.4. The molecular weight excluding hydrogens is 525 g/mol. The maximum absolute atomic E-state index is 13.3. The van der Waals surface area contributed by atoms with E-state index in [1.54, 1.807) is 68.6 Å². The molecule has 0 saturated heterocycles. The van der Waals surface area contributed by atoms with Crippen molar-refractivity contribution in [2.24, 2.45) is 7.05 Å². The fourth-order valence-corrected chi connectivity index (χ4v) is 5.53. The van der Waals surface area contributed by atoms with Gasteiger partial charge in [0.25, 0.3) is 15.6 Å². The molecule has 0 fully saturated rings. The van der Waals surface area contributed by atoms with Crippen LogP contribution in [0.5, 0.6) is 0 Å². The zero-order valence-corrected chi connectivity index (χ0v) is 21.6. The first-order valence-electron chi connectivity index (χ1n) is 10.7. The van der Waals surface area contributed by atoms with E-state index >= 15 is 0 Å². The maximum atomic E-state index is 13.3. The van der Waals surface area contributed by atoms with Crippen LogP contribution in [0.1, 0.15) is 21.6 Å². The second-order valence-electron chi connectivity index (χ2n) is 7.87. The number of esters is 1. The van der Waals surface area contributed by atoms with Gasteiger partial charge in [-0.15, -0.1) is 0 Å². The van der Waals surface area contributed by atoms with E-state index in [2.05, 4.69) is 4.72 Å². The summed E-state index contributed by atoms with van der Waals surface area (Å²) in [5.74, 6) is -0.820. The predicted molar refractivity (Wildman–Crippen MR) is 139 cm³/mol. The number of sulfonamides is 1. The van der Waals surface area contributed by atoms with Crippen LogP contribution in [0.2, 0.25) is 10.0 Å². The lowest BCUT2D eigenvalue weighted by molar-refractivity contribution is 0.0472. The van der Waals surface area contributed by atoms with Gasteiger partial charge in [0.2, 0.25) is 0 Å². The number of carbonyl (C=O) groups is 1. The highest BCUT2D eigenvalue weighted by atomic mass is 35.5. The smallest absolute Gasteiger partial charge is 0.340 e. The summed E-state index contributed by atoms with van der Waals surface area (Å²) in [5.41, 5.74) is 0.785. The minimum Gasteiger partial charge on any atom is -0.457 e. The lowest BCUT2D eigenvalue weighted by atomic mass is 10.2. The molecule has 3 aromatic carbocycles. The average Bonchev–Trinajstić information content (AvgIpc) is 3.06. The summed E-state index contributed by atoms with van der Waals surface area (Å²) in [6.07, 6.45) is 0. The van der Waals surface area contributed by atoms with Gasteiger partial charge in [-0.2, -0.15) is 0 Å². The quantitative estimate of drug-likeness (QED) is 0.331. The Labute approximate surface area is 217 Å². The van der Waals surface area contributed by atoms with Crippen LogP contribution >= 0.6 is 23.2 Å². The lowest BCUT2D eigenvalue weighted by Gasteiger charge is -2.12. The lowest BCUT2D eigenvalue weighted by Crippen LogP contribution is -2.23. The number of carbonyl (C=O) groups excluding carboxylic acids is 1. The second-order valence-corrected chi connectivity index (χ2v) is 10.3. The first-order chi connectivity index (χ1) is 17.1. The van der Waals surface area contributed by atoms with Crippen LogP contribution in [-0.2, 0) is 28.4 Å². The number of nitrogens with zero attached hydrogens (tertiary/aromatic N) is 2. The zero-order valence-electron chi connectivity index (χ0n) is 19.2. The molecule has 0 aliphatic carbocycles. The van der Waals surface area contributed by atoms with Crippen molar-refractivity contribution in [3.05, 3.63) is 110 Å². The highest BCUT2D eigenvalue weighted by molar-refractivity contribution is 7.92. The van der Waals surface area contributed by atoms with E-state index in [0.717, 1.165) is 17.7 Å². The number of ether oxygens (including phenoxy) is 1. The Hall–Kier alpha value is -3.53. The van der Waals surface area contributed by atoms with E-state index in [-0.39, 0.29) is 27.9 Å². The minimum atomic E-state index is -4.39. The molecule has 1 heterocycles. The average molecular weight is 546 g/mol. The number of para-hydroxylation sites is 1. The third kappa shape index (κ3) is 5.04. The fraction of sp³-hybridized carbons (Fsp3) is 0.120. The second kappa shape index (κ2) is 10.2. The molecular formula is C25H21Cl2N3O5S. The van der Waals surface area contributed by atoms with Gasteiger partial charge in [-0.1, -0.05) is 71.7 Å². The molecule has 0 amide bonds. The van der Waals surface area contributed by atoms with Gasteiger partial charge in [0.05, 0.1) is 27.0 Å². The van der Waals surface area contributed by atoms with E-state index < -0.39 is 26.4 Å². The van der Waals surface area contributed by atoms with Gasteiger partial charge in [0.1, 0.15) is 17.2 Å². The summed E-state index contributed by atoms with van der Waals surface area (Å²) < 4.78 is 37.1. The number of aromatic nitrogens is 2. The van der Waals surface area contributed by atoms with Gasteiger partial charge in [-0.3, -0.25) is 14.2 Å². The molecule has 1 N–H and O–H groups in total. The number of hydrogen-bond acceptors (Lipinski definition) is 5. The fourth-order valence-electron chi connectivity index (χ4n) is 3.57. The van der Waals surface area contributed by atoms with E-state index in [1.807, 2.05) is 6.07 Å². The van der Waals surface area contributed by atoms with Crippen molar-refractivity contribution >= 4 is 44.9 Å². The predicted octanol–water partition coefficient (Wildman–Crippen LogP) is 4.95. The van der Waals surface area contributed by atoms with Crippen molar-refractivity contribution in [2.45, 2.75) is 18.4 Å². The molecule has 0 bridgehead atoms. The van der Waals surface area contributed by atoms with Gasteiger partial charge >= 0.3 is 5.97 Å². The summed E-state index contributed by atoms with van der Waals surface area (Å²) in [6.45, 7) is 1.58. The minimum absolute atomic E-state index is 0.0266. The van der Waals surface area contributed by atoms with Crippen LogP contribution in [0, 0.1) is 6.92 Å². The molecule has 8 nitrogen and oxygen atoms in total. The van der Waals surface area contributed by atoms with E-state index in [0.29, 0.717) is 11.4 Å². The summed E-state index contributed by atoms with van der Waals surface area (Å²) in [5, 5.41) is -0.289. The van der Waals surface area contributed by atoms with Crippen LogP contribution < -0.4 is 10.3 Å². The normalized spacial score (nSPS) is 11.3. The SMILES string of the molecule is Cc1c(NS(=O)(=O)c2cc(C(=O)OCc3ccccc3)c(Cl)cc2Cl)c(=O)n(-c2ccccc2)n1C. The van der Waals surface area contributed by atoms with Crippen molar-refractivity contribution in [1.29, 1.82) is 0 Å². The molecule has 4 aromatic rings. The highest BCUT2D eigenvalue weighted by Gasteiger charge is 2.27. The van der Waals surface area contributed by atoms with E-state index in [9.17, 15) is 18.0 Å². The van der Waals surface area contributed by atoms with Gasteiger partial charge in [0, 0.05) is 7.05 Å². The third-order valence-electron chi connectivity index (χ3n) is 5.53. The molecule has 186 valence electrons. The Morgan fingerprint density at radius 3 is 2.22 bits per heavy atom. The van der Waals surface area contributed by atoms with Crippen molar-refractivity contribution in [3.63, 3.8) is 0 Å². The van der Waals surface area contributed by atoms with Crippen molar-refractivity contribution in [3.8, 4) is 5.69 Å². The van der Waals surface area contributed by atoms with Crippen LogP contribution in [0.15, 0.2) is 82.5 Å². The summed E-state index contributed by atoms with van der Waals surface area (Å²) in [7, 11) is -2.75. The molecule has 0 saturated carbocycles. The van der Waals surface area contributed by atoms with Crippen LogP contribution in [0.3, 0.4) is 0 Å². The molecule has 0 radical (unpaired) electrons. The summed E-state index contributed by atoms with van der Waals surface area (Å²) >= 11 is 12.4. The summed E-state index contributed by atoms with van der Waals surface area (Å²) in [6, 6.07) is 19.9. The van der Waals surface area contributed by atoms with Gasteiger partial charge in [0.15, 0.2) is 0 Å². The Kier molecular flexibility index (Phi) is 7.26. The molecule has 0 aliphatic heterocycles. The van der Waals surface area contributed by atoms with Crippen LogP contribution in [-0.4, -0.2) is 23.8 Å². The molecule has 11 heteroatoms. The molecule has 4 rings (SSSR count). The van der Waals surface area contributed by atoms with Crippen LogP contribution in [0.25, 0.3) is 5.69 Å². The first kappa shape index (κ1) is 25.6. The maximum Gasteiger partial charge on any atom is 0.340 e. The number of benzene rings is 3. The van der Waals surface area contributed by atoms with Gasteiger partial charge in [-0.25, -0.2) is 17.9 Å². The monoisotopic (exact) mass is 545 g/mol. The molecule has 0 atom stereocenters. The topological polar surface area (TPSA) is 99.4 Å². The Morgan fingerprint density at radius 2 is 1.58 bits per heavy atom. The molecule has 36 heavy (non-hydrogen) atoms.